The van der Waals surface area contributed by atoms with Crippen LogP contribution < -0.4 is 0 Å². The van der Waals surface area contributed by atoms with Gasteiger partial charge in [0.05, 0.1) is 0 Å². The van der Waals surface area contributed by atoms with Crippen LogP contribution >= 0.6 is 11.8 Å². The number of hydrogen-bond donors (Lipinski definition) is 0. The van der Waals surface area contributed by atoms with Crippen molar-refractivity contribution in [2.75, 3.05) is 5.75 Å². The van der Waals surface area contributed by atoms with Gasteiger partial charge < -0.3 is 0 Å². The predicted molar refractivity (Wildman–Crippen MR) is 83.4 cm³/mol. The van der Waals surface area contributed by atoms with Gasteiger partial charge in [-0.1, -0.05) is 55.9 Å². The molecular formula is C16H26S. The van der Waals surface area contributed by atoms with E-state index in [-0.39, 0.29) is 0 Å². The lowest BCUT2D eigenvalue weighted by Crippen LogP contribution is -1.97. The first-order valence-electron chi connectivity index (χ1n) is 6.35. The van der Waals surface area contributed by atoms with Crippen molar-refractivity contribution in [1.82, 2.24) is 0 Å². The summed E-state index contributed by atoms with van der Waals surface area (Å²) in [6.07, 6.45) is 9.88. The number of hydrogen-bond acceptors (Lipinski definition) is 1. The Balaban J connectivity index is 4.83. The highest BCUT2D eigenvalue weighted by Gasteiger charge is 2.05. The van der Waals surface area contributed by atoms with E-state index in [1.807, 2.05) is 0 Å². The lowest BCUT2D eigenvalue weighted by molar-refractivity contribution is 0.905. The minimum Gasteiger partial charge on any atom is -0.127 e. The molecule has 0 N–H and O–H groups in total. The molecule has 0 nitrogen and oxygen atoms in total. The summed E-state index contributed by atoms with van der Waals surface area (Å²) >= 11 is 1.80. The third-order valence-electron chi connectivity index (χ3n) is 2.92. The van der Waals surface area contributed by atoms with Gasteiger partial charge in [-0.3, -0.25) is 0 Å². The van der Waals surface area contributed by atoms with Gasteiger partial charge in [0, 0.05) is 5.92 Å². The monoisotopic (exact) mass is 250 g/mol. The third kappa shape index (κ3) is 6.58. The van der Waals surface area contributed by atoms with Crippen LogP contribution in [0.5, 0.6) is 0 Å². The van der Waals surface area contributed by atoms with E-state index < -0.39 is 0 Å². The SMILES string of the molecule is C=C(/C=C\C(C=CC)/C(C)=C(\C)CC)SCC. The van der Waals surface area contributed by atoms with E-state index in [0.717, 1.165) is 17.1 Å². The third-order valence-corrected chi connectivity index (χ3v) is 3.72. The van der Waals surface area contributed by atoms with Crippen LogP contribution in [0.2, 0.25) is 0 Å². The van der Waals surface area contributed by atoms with Crippen LogP contribution in [0, 0.1) is 5.92 Å². The van der Waals surface area contributed by atoms with Crippen molar-refractivity contribution in [3.63, 3.8) is 0 Å². The molecule has 0 amide bonds. The van der Waals surface area contributed by atoms with Crippen LogP contribution in [0.1, 0.15) is 41.0 Å². The number of rotatable bonds is 7. The van der Waals surface area contributed by atoms with E-state index in [0.29, 0.717) is 5.92 Å². The predicted octanol–water partition coefficient (Wildman–Crippen LogP) is 5.75. The Morgan fingerprint density at radius 3 is 2.35 bits per heavy atom. The summed E-state index contributed by atoms with van der Waals surface area (Å²) in [5, 5.41) is 0. The molecular weight excluding hydrogens is 224 g/mol. The zero-order chi connectivity index (χ0) is 13.3. The summed E-state index contributed by atoms with van der Waals surface area (Å²) in [6.45, 7) is 14.9. The van der Waals surface area contributed by atoms with Crippen LogP contribution in [-0.4, -0.2) is 5.75 Å². The van der Waals surface area contributed by atoms with Gasteiger partial charge in [0.25, 0.3) is 0 Å². The number of allylic oxidation sites excluding steroid dienone is 6. The molecule has 0 aromatic carbocycles. The summed E-state index contributed by atoms with van der Waals surface area (Å²) in [7, 11) is 0. The molecule has 0 heterocycles. The van der Waals surface area contributed by atoms with Crippen LogP contribution in [0.3, 0.4) is 0 Å². The molecule has 0 aliphatic rings. The second-order valence-corrected chi connectivity index (χ2v) is 5.52. The van der Waals surface area contributed by atoms with Gasteiger partial charge in [0.1, 0.15) is 0 Å². The highest BCUT2D eigenvalue weighted by molar-refractivity contribution is 8.03. The van der Waals surface area contributed by atoms with E-state index in [9.17, 15) is 0 Å². The largest absolute Gasteiger partial charge is 0.127 e. The Morgan fingerprint density at radius 2 is 1.88 bits per heavy atom. The lowest BCUT2D eigenvalue weighted by atomic mass is 9.94. The molecule has 0 bridgehead atoms. The smallest absolute Gasteiger partial charge is 0.0160 e. The first-order valence-corrected chi connectivity index (χ1v) is 7.34. The molecule has 0 aliphatic carbocycles. The Hall–Kier alpha value is -0.690. The van der Waals surface area contributed by atoms with Crippen molar-refractivity contribution in [3.05, 3.63) is 46.9 Å². The Kier molecular flexibility index (Phi) is 8.97. The molecule has 96 valence electrons. The minimum atomic E-state index is 0.411. The van der Waals surface area contributed by atoms with E-state index in [2.05, 4.69) is 65.5 Å². The van der Waals surface area contributed by atoms with E-state index in [1.165, 1.54) is 11.1 Å². The van der Waals surface area contributed by atoms with Crippen molar-refractivity contribution in [3.8, 4) is 0 Å². The fourth-order valence-electron chi connectivity index (χ4n) is 1.57. The van der Waals surface area contributed by atoms with Crippen molar-refractivity contribution >= 4 is 11.8 Å². The molecule has 0 saturated carbocycles. The maximum atomic E-state index is 4.04. The molecule has 0 saturated heterocycles. The van der Waals surface area contributed by atoms with Gasteiger partial charge in [0.2, 0.25) is 0 Å². The van der Waals surface area contributed by atoms with Gasteiger partial charge in [0.15, 0.2) is 0 Å². The first kappa shape index (κ1) is 16.3. The Bertz CT molecular complexity index is 318. The highest BCUT2D eigenvalue weighted by atomic mass is 32.2. The van der Waals surface area contributed by atoms with Gasteiger partial charge in [-0.2, -0.15) is 0 Å². The Morgan fingerprint density at radius 1 is 1.24 bits per heavy atom. The van der Waals surface area contributed by atoms with E-state index in [4.69, 9.17) is 0 Å². The second-order valence-electron chi connectivity index (χ2n) is 4.13. The van der Waals surface area contributed by atoms with Crippen molar-refractivity contribution in [2.24, 2.45) is 5.92 Å². The standard InChI is InChI=1S/C16H26S/c1-7-10-16(15(6)13(4)8-2)12-11-14(5)17-9-3/h7,10-12,16H,5,8-9H2,1-4,6H3/b10-7?,12-11-,15-13+. The molecule has 1 heteroatoms. The van der Waals surface area contributed by atoms with Crippen molar-refractivity contribution in [2.45, 2.75) is 41.0 Å². The van der Waals surface area contributed by atoms with Gasteiger partial charge in [-0.15, -0.1) is 11.8 Å². The number of thioether (sulfide) groups is 1. The van der Waals surface area contributed by atoms with Crippen LogP contribution in [0.4, 0.5) is 0 Å². The fraction of sp³-hybridized carbons (Fsp3) is 0.500. The topological polar surface area (TPSA) is 0 Å². The molecule has 0 spiro atoms. The second kappa shape index (κ2) is 9.35. The molecule has 0 aromatic heterocycles. The fourth-order valence-corrected chi connectivity index (χ4v) is 2.11. The summed E-state index contributed by atoms with van der Waals surface area (Å²) in [5.74, 6) is 1.49. The normalized spacial score (nSPS) is 15.4. The molecule has 0 rings (SSSR count). The van der Waals surface area contributed by atoms with Gasteiger partial charge >= 0.3 is 0 Å². The molecule has 17 heavy (non-hydrogen) atoms. The molecule has 1 unspecified atom stereocenters. The van der Waals surface area contributed by atoms with Crippen molar-refractivity contribution < 1.29 is 0 Å². The van der Waals surface area contributed by atoms with E-state index >= 15 is 0 Å². The Labute approximate surface area is 112 Å². The molecule has 0 fully saturated rings. The highest BCUT2D eigenvalue weighted by Crippen LogP contribution is 2.22. The van der Waals surface area contributed by atoms with Crippen LogP contribution in [-0.2, 0) is 0 Å². The lowest BCUT2D eigenvalue weighted by Gasteiger charge is -2.12. The quantitative estimate of drug-likeness (QED) is 0.409. The summed E-state index contributed by atoms with van der Waals surface area (Å²) < 4.78 is 0. The molecule has 0 aromatic rings. The zero-order valence-electron chi connectivity index (χ0n) is 11.9. The molecule has 1 atom stereocenters. The average molecular weight is 250 g/mol. The average Bonchev–Trinajstić information content (AvgIpc) is 2.32. The van der Waals surface area contributed by atoms with Crippen LogP contribution in [0.25, 0.3) is 0 Å². The van der Waals surface area contributed by atoms with E-state index in [1.54, 1.807) is 11.8 Å². The minimum absolute atomic E-state index is 0.411. The van der Waals surface area contributed by atoms with Crippen LogP contribution in [0.15, 0.2) is 46.9 Å². The maximum absolute atomic E-state index is 4.04. The summed E-state index contributed by atoms with van der Waals surface area (Å²) in [5.41, 5.74) is 2.93. The molecule has 0 aliphatic heterocycles. The first-order chi connectivity index (χ1) is 8.06. The molecule has 0 radical (unpaired) electrons. The van der Waals surface area contributed by atoms with Crippen molar-refractivity contribution in [1.29, 1.82) is 0 Å². The maximum Gasteiger partial charge on any atom is 0.0160 e. The van der Waals surface area contributed by atoms with Gasteiger partial charge in [-0.25, -0.2) is 0 Å². The summed E-state index contributed by atoms with van der Waals surface area (Å²) in [6, 6.07) is 0. The van der Waals surface area contributed by atoms with Gasteiger partial charge in [-0.05, 0) is 37.9 Å². The zero-order valence-corrected chi connectivity index (χ0v) is 12.7. The summed E-state index contributed by atoms with van der Waals surface area (Å²) in [4.78, 5) is 1.14.